The van der Waals surface area contributed by atoms with E-state index < -0.39 is 53.3 Å². The van der Waals surface area contributed by atoms with E-state index >= 15 is 0 Å². The van der Waals surface area contributed by atoms with Gasteiger partial charge in [0.1, 0.15) is 6.04 Å². The topological polar surface area (TPSA) is 187 Å². The average Bonchev–Trinajstić information content (AvgIpc) is 3.62. The van der Waals surface area contributed by atoms with Crippen molar-refractivity contribution in [3.05, 3.63) is 39.9 Å². The average molecular weight is 786 g/mol. The number of nitro benzene ring substituents is 1. The van der Waals surface area contributed by atoms with Crippen LogP contribution in [0.2, 0.25) is 0 Å². The second-order valence-corrected chi connectivity index (χ2v) is 16.2. The lowest BCUT2D eigenvalue weighted by atomic mass is 9.89. The highest BCUT2D eigenvalue weighted by Gasteiger charge is 2.43. The third-order valence-electron chi connectivity index (χ3n) is 11.3. The lowest BCUT2D eigenvalue weighted by Gasteiger charge is -2.41. The van der Waals surface area contributed by atoms with Crippen LogP contribution >= 0.6 is 0 Å². The summed E-state index contributed by atoms with van der Waals surface area (Å²) < 4.78 is 11.9. The van der Waals surface area contributed by atoms with Crippen molar-refractivity contribution in [1.82, 2.24) is 25.3 Å². The quantitative estimate of drug-likeness (QED) is 0.128. The SMILES string of the molecule is CC[C@H](C)[C@@H]([C@@H](CC(=O)N1CCC[C@H]1[C@H](OC)[C@@H](C)C(=O)N[C@H](CC#N)Cc1ccc([N+](=O)[O-])cc1)OC)N(C)C(=O)[C@@H](NC(=O)[C@H](C(C)C)N(C)C)C(C)C. The molecule has 15 heteroatoms. The molecule has 0 spiro atoms. The van der Waals surface area contributed by atoms with Gasteiger partial charge in [-0.15, -0.1) is 0 Å². The number of carbonyl (C=O) groups is 4. The van der Waals surface area contributed by atoms with E-state index in [4.69, 9.17) is 9.47 Å². The molecule has 2 N–H and O–H groups in total. The van der Waals surface area contributed by atoms with Crippen molar-refractivity contribution in [2.45, 2.75) is 129 Å². The van der Waals surface area contributed by atoms with Gasteiger partial charge in [-0.25, -0.2) is 0 Å². The summed E-state index contributed by atoms with van der Waals surface area (Å²) in [6, 6.07) is 5.50. The minimum Gasteiger partial charge on any atom is -0.379 e. The highest BCUT2D eigenvalue weighted by Crippen LogP contribution is 2.30. The van der Waals surface area contributed by atoms with Gasteiger partial charge in [-0.05, 0) is 56.7 Å². The first-order valence-corrected chi connectivity index (χ1v) is 19.8. The van der Waals surface area contributed by atoms with Crippen molar-refractivity contribution in [2.75, 3.05) is 41.9 Å². The van der Waals surface area contributed by atoms with E-state index in [1.165, 1.54) is 26.4 Å². The Labute approximate surface area is 333 Å². The molecular weight excluding hydrogens is 718 g/mol. The second-order valence-electron chi connectivity index (χ2n) is 16.2. The first-order chi connectivity index (χ1) is 26.3. The summed E-state index contributed by atoms with van der Waals surface area (Å²) >= 11 is 0. The number of nitro groups is 1. The van der Waals surface area contributed by atoms with Crippen molar-refractivity contribution in [1.29, 1.82) is 5.26 Å². The van der Waals surface area contributed by atoms with Crippen LogP contribution in [-0.4, -0.2) is 128 Å². The van der Waals surface area contributed by atoms with Crippen LogP contribution in [0.25, 0.3) is 0 Å². The van der Waals surface area contributed by atoms with Crippen LogP contribution in [0.3, 0.4) is 0 Å². The Hall–Kier alpha value is -4.13. The molecule has 4 amide bonds. The fourth-order valence-electron chi connectivity index (χ4n) is 8.07. The number of nitrogens with one attached hydrogen (secondary N) is 2. The number of methoxy groups -OCH3 is 2. The zero-order chi connectivity index (χ0) is 42.4. The minimum absolute atomic E-state index is 0.00905. The molecule has 1 fully saturated rings. The first-order valence-electron chi connectivity index (χ1n) is 19.8. The third kappa shape index (κ3) is 12.7. The maximum Gasteiger partial charge on any atom is 0.269 e. The number of carbonyl (C=O) groups excluding carboxylic acids is 4. The van der Waals surface area contributed by atoms with Crippen LogP contribution in [0, 0.1) is 45.1 Å². The highest BCUT2D eigenvalue weighted by molar-refractivity contribution is 5.90. The number of amides is 4. The summed E-state index contributed by atoms with van der Waals surface area (Å²) in [5.41, 5.74) is 0.694. The van der Waals surface area contributed by atoms with Gasteiger partial charge >= 0.3 is 0 Å². The molecule has 1 heterocycles. The van der Waals surface area contributed by atoms with E-state index in [1.807, 2.05) is 60.5 Å². The van der Waals surface area contributed by atoms with Gasteiger partial charge < -0.3 is 29.9 Å². The molecule has 0 aliphatic carbocycles. The summed E-state index contributed by atoms with van der Waals surface area (Å²) in [6.07, 6.45) is 1.08. The standard InChI is InChI=1S/C41H67N7O8/c1-13-27(6)37(46(10)41(52)35(25(2)3)44-40(51)36(26(4)5)45(8)9)33(55-11)24-34(49)47-22-14-15-32(47)38(56-12)28(7)39(50)43-30(20-21-42)23-29-16-18-31(19-17-29)48(53)54/h16-19,25-28,30,32-33,35-38H,13-15,20,22-24H2,1-12H3,(H,43,50)(H,44,51)/t27-,28+,30+,32-,33+,35-,36-,37-,38+/m0/s1. The molecule has 2 rings (SSSR count). The molecule has 1 aliphatic rings. The molecule has 9 atom stereocenters. The summed E-state index contributed by atoms with van der Waals surface area (Å²) in [5, 5.41) is 26.5. The lowest BCUT2D eigenvalue weighted by molar-refractivity contribution is -0.384. The molecule has 0 unspecified atom stereocenters. The summed E-state index contributed by atoms with van der Waals surface area (Å²) in [5.74, 6) is -1.88. The Bertz CT molecular complexity index is 1490. The number of non-ortho nitro benzene ring substituents is 1. The number of benzene rings is 1. The predicted octanol–water partition coefficient (Wildman–Crippen LogP) is 4.18. The number of hydrogen-bond acceptors (Lipinski definition) is 10. The molecule has 56 heavy (non-hydrogen) atoms. The maximum absolute atomic E-state index is 14.2. The molecule has 0 aromatic heterocycles. The van der Waals surface area contributed by atoms with Crippen molar-refractivity contribution >= 4 is 29.3 Å². The van der Waals surface area contributed by atoms with Crippen LogP contribution in [0.5, 0.6) is 0 Å². The number of likely N-dealkylation sites (N-methyl/N-ethyl adjacent to an activating group) is 2. The number of rotatable bonds is 22. The Morgan fingerprint density at radius 1 is 0.982 bits per heavy atom. The molecule has 1 aromatic rings. The number of likely N-dealkylation sites (tertiary alicyclic amines) is 1. The smallest absolute Gasteiger partial charge is 0.269 e. The molecule has 0 bridgehead atoms. The van der Waals surface area contributed by atoms with Gasteiger partial charge in [0.25, 0.3) is 5.69 Å². The highest BCUT2D eigenvalue weighted by atomic mass is 16.6. The van der Waals surface area contributed by atoms with Gasteiger partial charge in [0.15, 0.2) is 0 Å². The van der Waals surface area contributed by atoms with Crippen LogP contribution in [0.4, 0.5) is 5.69 Å². The van der Waals surface area contributed by atoms with Crippen LogP contribution in [-0.2, 0) is 35.1 Å². The zero-order valence-electron chi connectivity index (χ0n) is 35.6. The van der Waals surface area contributed by atoms with E-state index in [0.717, 1.165) is 5.56 Å². The van der Waals surface area contributed by atoms with Gasteiger partial charge in [-0.3, -0.25) is 34.2 Å². The number of ether oxygens (including phenoxy) is 2. The lowest BCUT2D eigenvalue weighted by Crippen LogP contribution is -2.59. The van der Waals surface area contributed by atoms with E-state index in [0.29, 0.717) is 32.2 Å². The van der Waals surface area contributed by atoms with Crippen molar-refractivity contribution < 1.29 is 33.6 Å². The van der Waals surface area contributed by atoms with Gasteiger partial charge in [-0.1, -0.05) is 67.0 Å². The van der Waals surface area contributed by atoms with Gasteiger partial charge in [0, 0.05) is 46.0 Å². The van der Waals surface area contributed by atoms with Gasteiger partial charge in [0.2, 0.25) is 23.6 Å². The zero-order valence-corrected chi connectivity index (χ0v) is 35.6. The van der Waals surface area contributed by atoms with E-state index in [1.54, 1.807) is 35.9 Å². The summed E-state index contributed by atoms with van der Waals surface area (Å²) in [6.45, 7) is 14.0. The Morgan fingerprint density at radius 3 is 2.09 bits per heavy atom. The fraction of sp³-hybridized carbons (Fsp3) is 0.732. The van der Waals surface area contributed by atoms with E-state index in [-0.39, 0.29) is 59.9 Å². The molecule has 0 radical (unpaired) electrons. The van der Waals surface area contributed by atoms with Crippen LogP contribution in [0.15, 0.2) is 24.3 Å². The molecule has 1 aliphatic heterocycles. The van der Waals surface area contributed by atoms with Crippen molar-refractivity contribution in [3.63, 3.8) is 0 Å². The van der Waals surface area contributed by atoms with Crippen LogP contribution < -0.4 is 10.6 Å². The summed E-state index contributed by atoms with van der Waals surface area (Å²) in [4.78, 5) is 71.4. The Balaban J connectivity index is 2.27. The predicted molar refractivity (Wildman–Crippen MR) is 214 cm³/mol. The number of nitrogens with zero attached hydrogens (tertiary/aromatic N) is 5. The first kappa shape index (κ1) is 48.0. The minimum atomic E-state index is -0.784. The third-order valence-corrected chi connectivity index (χ3v) is 11.3. The van der Waals surface area contributed by atoms with Crippen molar-refractivity contribution in [3.8, 4) is 6.07 Å². The molecule has 1 aromatic carbocycles. The maximum atomic E-state index is 14.2. The normalized spacial score (nSPS) is 18.7. The Morgan fingerprint density at radius 2 is 1.61 bits per heavy atom. The van der Waals surface area contributed by atoms with Gasteiger partial charge in [0.05, 0.1) is 60.1 Å². The monoisotopic (exact) mass is 786 g/mol. The number of hydrogen-bond donors (Lipinski definition) is 2. The molecule has 15 nitrogen and oxygen atoms in total. The summed E-state index contributed by atoms with van der Waals surface area (Å²) in [7, 11) is 8.45. The van der Waals surface area contributed by atoms with Gasteiger partial charge in [-0.2, -0.15) is 5.26 Å². The number of nitriles is 1. The largest absolute Gasteiger partial charge is 0.379 e. The van der Waals surface area contributed by atoms with Crippen molar-refractivity contribution in [2.24, 2.45) is 23.7 Å². The van der Waals surface area contributed by atoms with E-state index in [9.17, 15) is 34.6 Å². The molecule has 0 saturated carbocycles. The van der Waals surface area contributed by atoms with Crippen LogP contribution in [0.1, 0.15) is 86.1 Å². The molecular formula is C41H67N7O8. The van der Waals surface area contributed by atoms with E-state index in [2.05, 4.69) is 16.7 Å². The molecule has 1 saturated heterocycles. The second kappa shape index (κ2) is 22.6. The molecule has 314 valence electrons. The fourth-order valence-corrected chi connectivity index (χ4v) is 8.07. The Kier molecular flexibility index (Phi) is 19.4.